The Morgan fingerprint density at radius 2 is 1.79 bits per heavy atom. The molecule has 4 aromatic rings. The Hall–Kier alpha value is -4.07. The van der Waals surface area contributed by atoms with Crippen LogP contribution >= 0.6 is 0 Å². The number of aromatic amines is 1. The van der Waals surface area contributed by atoms with Crippen molar-refractivity contribution in [2.75, 3.05) is 0 Å². The Kier molecular flexibility index (Phi) is 4.74. The number of H-pyrrole nitrogens is 1. The van der Waals surface area contributed by atoms with Crippen LogP contribution in [-0.4, -0.2) is 20.4 Å². The number of benzene rings is 2. The van der Waals surface area contributed by atoms with Gasteiger partial charge in [-0.3, -0.25) is 19.0 Å². The van der Waals surface area contributed by atoms with Crippen molar-refractivity contribution < 1.29 is 9.18 Å². The minimum atomic E-state index is -0.436. The summed E-state index contributed by atoms with van der Waals surface area (Å²) in [6.07, 6.45) is 1.30. The number of hydrogen-bond acceptors (Lipinski definition) is 4. The zero-order valence-electron chi connectivity index (χ0n) is 15.1. The molecule has 0 aliphatic rings. The maximum Gasteiger partial charge on any atom is 0.266 e. The van der Waals surface area contributed by atoms with Gasteiger partial charge in [-0.25, -0.2) is 9.37 Å². The molecule has 0 aliphatic heterocycles. The van der Waals surface area contributed by atoms with Crippen molar-refractivity contribution in [1.29, 1.82) is 0 Å². The zero-order valence-corrected chi connectivity index (χ0v) is 15.1. The summed E-state index contributed by atoms with van der Waals surface area (Å²) in [4.78, 5) is 43.5. The van der Waals surface area contributed by atoms with Gasteiger partial charge in [-0.05, 0) is 42.5 Å². The van der Waals surface area contributed by atoms with E-state index in [1.807, 2.05) is 0 Å². The molecule has 144 valence electrons. The Morgan fingerprint density at radius 3 is 2.52 bits per heavy atom. The first-order chi connectivity index (χ1) is 14.0. The molecular weight excluding hydrogens is 375 g/mol. The van der Waals surface area contributed by atoms with E-state index < -0.39 is 11.7 Å². The van der Waals surface area contributed by atoms with E-state index in [0.29, 0.717) is 16.6 Å². The van der Waals surface area contributed by atoms with Gasteiger partial charge in [-0.2, -0.15) is 0 Å². The van der Waals surface area contributed by atoms with Crippen LogP contribution in [0.3, 0.4) is 0 Å². The van der Waals surface area contributed by atoms with Gasteiger partial charge in [-0.15, -0.1) is 0 Å². The Bertz CT molecular complexity index is 1310. The fourth-order valence-electron chi connectivity index (χ4n) is 2.97. The average Bonchev–Trinajstić information content (AvgIpc) is 2.73. The van der Waals surface area contributed by atoms with Crippen LogP contribution in [0.4, 0.5) is 4.39 Å². The summed E-state index contributed by atoms with van der Waals surface area (Å²) in [5, 5.41) is 3.10. The fraction of sp³-hybridized carbons (Fsp3) is 0.0476. The van der Waals surface area contributed by atoms with Crippen LogP contribution in [0.1, 0.15) is 16.2 Å². The predicted molar refractivity (Wildman–Crippen MR) is 106 cm³/mol. The Balaban J connectivity index is 1.76. The Labute approximate surface area is 163 Å². The summed E-state index contributed by atoms with van der Waals surface area (Å²) in [7, 11) is 0. The highest BCUT2D eigenvalue weighted by Crippen LogP contribution is 2.14. The van der Waals surface area contributed by atoms with Crippen LogP contribution in [0.15, 0.2) is 76.4 Å². The normalized spacial score (nSPS) is 10.8. The SMILES string of the molecule is O=C(NCc1nc2ccccc2c(=O)n1-c1ccc(F)cc1)c1ccc(=O)[nH]c1. The van der Waals surface area contributed by atoms with E-state index in [1.165, 1.54) is 47.2 Å². The van der Waals surface area contributed by atoms with Gasteiger partial charge in [0.15, 0.2) is 0 Å². The first-order valence-electron chi connectivity index (χ1n) is 8.76. The highest BCUT2D eigenvalue weighted by atomic mass is 19.1. The lowest BCUT2D eigenvalue weighted by atomic mass is 10.2. The summed E-state index contributed by atoms with van der Waals surface area (Å²) in [5.41, 5.74) is 0.548. The summed E-state index contributed by atoms with van der Waals surface area (Å²) in [6.45, 7) is -0.0462. The number of para-hydroxylation sites is 1. The van der Waals surface area contributed by atoms with Crippen molar-refractivity contribution in [2.24, 2.45) is 0 Å². The third kappa shape index (κ3) is 3.68. The molecular formula is C21H15FN4O3. The molecule has 0 atom stereocenters. The first kappa shape index (κ1) is 18.3. The monoisotopic (exact) mass is 390 g/mol. The quantitative estimate of drug-likeness (QED) is 0.558. The molecule has 0 radical (unpaired) electrons. The molecule has 0 unspecified atom stereocenters. The van der Waals surface area contributed by atoms with Gasteiger partial charge in [0.25, 0.3) is 11.5 Å². The van der Waals surface area contributed by atoms with Crippen LogP contribution < -0.4 is 16.4 Å². The van der Waals surface area contributed by atoms with Crippen molar-refractivity contribution in [3.05, 3.63) is 105 Å². The lowest BCUT2D eigenvalue weighted by Crippen LogP contribution is -2.30. The molecule has 0 saturated carbocycles. The number of hydrogen-bond donors (Lipinski definition) is 2. The number of carbonyl (C=O) groups excluding carboxylic acids is 1. The van der Waals surface area contributed by atoms with Crippen molar-refractivity contribution in [3.63, 3.8) is 0 Å². The van der Waals surface area contributed by atoms with Crippen LogP contribution in [0.25, 0.3) is 16.6 Å². The molecule has 0 saturated heterocycles. The van der Waals surface area contributed by atoms with Gasteiger partial charge < -0.3 is 10.3 Å². The van der Waals surface area contributed by atoms with E-state index in [2.05, 4.69) is 15.3 Å². The lowest BCUT2D eigenvalue weighted by Gasteiger charge is -2.14. The molecule has 0 aliphatic carbocycles. The third-order valence-electron chi connectivity index (χ3n) is 4.38. The van der Waals surface area contributed by atoms with Crippen LogP contribution in [0.2, 0.25) is 0 Å². The first-order valence-corrected chi connectivity index (χ1v) is 8.76. The average molecular weight is 390 g/mol. The number of pyridine rings is 1. The van der Waals surface area contributed by atoms with Crippen molar-refractivity contribution in [3.8, 4) is 5.69 Å². The van der Waals surface area contributed by atoms with Crippen molar-refractivity contribution >= 4 is 16.8 Å². The minimum absolute atomic E-state index is 0.0462. The highest BCUT2D eigenvalue weighted by molar-refractivity contribution is 5.93. The lowest BCUT2D eigenvalue weighted by molar-refractivity contribution is 0.0949. The van der Waals surface area contributed by atoms with Gasteiger partial charge in [0, 0.05) is 12.3 Å². The minimum Gasteiger partial charge on any atom is -0.345 e. The standard InChI is InChI=1S/C21H15FN4O3/c22-14-6-8-15(9-7-14)26-18(25-17-4-2-1-3-16(17)21(26)29)12-24-20(28)13-5-10-19(27)23-11-13/h1-11H,12H2,(H,23,27)(H,24,28). The van der Waals surface area contributed by atoms with Gasteiger partial charge >= 0.3 is 0 Å². The largest absolute Gasteiger partial charge is 0.345 e. The van der Waals surface area contributed by atoms with E-state index in [4.69, 9.17) is 0 Å². The molecule has 0 fully saturated rings. The van der Waals surface area contributed by atoms with Crippen molar-refractivity contribution in [2.45, 2.75) is 6.54 Å². The number of nitrogens with one attached hydrogen (secondary N) is 2. The second kappa shape index (κ2) is 7.51. The van der Waals surface area contributed by atoms with Crippen LogP contribution in [-0.2, 0) is 6.54 Å². The summed E-state index contributed by atoms with van der Waals surface area (Å²) in [5.74, 6) is -0.573. The van der Waals surface area contributed by atoms with Gasteiger partial charge in [0.05, 0.1) is 28.7 Å². The topological polar surface area (TPSA) is 96.8 Å². The number of amides is 1. The molecule has 2 aromatic heterocycles. The van der Waals surface area contributed by atoms with Crippen LogP contribution in [0, 0.1) is 5.82 Å². The molecule has 7 nitrogen and oxygen atoms in total. The second-order valence-corrected chi connectivity index (χ2v) is 6.29. The van der Waals surface area contributed by atoms with Gasteiger partial charge in [-0.1, -0.05) is 12.1 Å². The second-order valence-electron chi connectivity index (χ2n) is 6.29. The number of fused-ring (bicyclic) bond motifs is 1. The summed E-state index contributed by atoms with van der Waals surface area (Å²) in [6, 6.07) is 15.0. The molecule has 2 heterocycles. The molecule has 2 N–H and O–H groups in total. The number of nitrogens with zero attached hydrogens (tertiary/aromatic N) is 2. The molecule has 1 amide bonds. The highest BCUT2D eigenvalue weighted by Gasteiger charge is 2.14. The van der Waals surface area contributed by atoms with E-state index in [9.17, 15) is 18.8 Å². The molecule has 2 aromatic carbocycles. The molecule has 4 rings (SSSR count). The predicted octanol–water partition coefficient (Wildman–Crippen LogP) is 2.14. The maximum atomic E-state index is 13.3. The summed E-state index contributed by atoms with van der Waals surface area (Å²) < 4.78 is 14.7. The van der Waals surface area contributed by atoms with Crippen molar-refractivity contribution in [1.82, 2.24) is 19.9 Å². The number of rotatable bonds is 4. The van der Waals surface area contributed by atoms with E-state index in [0.717, 1.165) is 0 Å². The molecule has 0 spiro atoms. The fourth-order valence-corrected chi connectivity index (χ4v) is 2.97. The number of carbonyl (C=O) groups is 1. The van der Waals surface area contributed by atoms with E-state index >= 15 is 0 Å². The number of halogens is 1. The molecule has 29 heavy (non-hydrogen) atoms. The molecule has 8 heteroatoms. The third-order valence-corrected chi connectivity index (χ3v) is 4.38. The van der Waals surface area contributed by atoms with Crippen LogP contribution in [0.5, 0.6) is 0 Å². The van der Waals surface area contributed by atoms with E-state index in [1.54, 1.807) is 24.3 Å². The maximum absolute atomic E-state index is 13.3. The van der Waals surface area contributed by atoms with Gasteiger partial charge in [0.1, 0.15) is 11.6 Å². The summed E-state index contributed by atoms with van der Waals surface area (Å²) >= 11 is 0. The van der Waals surface area contributed by atoms with E-state index in [-0.39, 0.29) is 29.1 Å². The number of aromatic nitrogens is 3. The smallest absolute Gasteiger partial charge is 0.266 e. The molecule has 0 bridgehead atoms. The Morgan fingerprint density at radius 1 is 1.03 bits per heavy atom. The zero-order chi connectivity index (χ0) is 20.4. The van der Waals surface area contributed by atoms with Gasteiger partial charge in [0.2, 0.25) is 5.56 Å².